The number of nitrogens with zero attached hydrogens (tertiary/aromatic N) is 1. The third-order valence-electron chi connectivity index (χ3n) is 2.74. The van der Waals surface area contributed by atoms with Crippen molar-refractivity contribution >= 4 is 39.6 Å². The van der Waals surface area contributed by atoms with Crippen LogP contribution in [0.5, 0.6) is 0 Å². The summed E-state index contributed by atoms with van der Waals surface area (Å²) in [6, 6.07) is 7.88. The van der Waals surface area contributed by atoms with Gasteiger partial charge in [-0.05, 0) is 35.0 Å². The van der Waals surface area contributed by atoms with Gasteiger partial charge in [-0.25, -0.2) is 0 Å². The number of carboxylic acids is 1. The van der Waals surface area contributed by atoms with Crippen molar-refractivity contribution in [3.8, 4) is 0 Å². The van der Waals surface area contributed by atoms with Crippen molar-refractivity contribution < 1.29 is 14.7 Å². The van der Waals surface area contributed by atoms with Gasteiger partial charge in [-0.15, -0.1) is 11.8 Å². The van der Waals surface area contributed by atoms with E-state index in [2.05, 4.69) is 15.9 Å². The Balaban J connectivity index is 2.38. The van der Waals surface area contributed by atoms with Crippen LogP contribution in [0.3, 0.4) is 0 Å². The summed E-state index contributed by atoms with van der Waals surface area (Å²) in [5.74, 6) is -0.183. The Morgan fingerprint density at radius 2 is 2.00 bits per heavy atom. The second-order valence-electron chi connectivity index (χ2n) is 4.15. The van der Waals surface area contributed by atoms with Crippen LogP contribution >= 0.6 is 27.7 Å². The smallest absolute Gasteiger partial charge is 0.305 e. The monoisotopic (exact) mass is 359 g/mol. The summed E-state index contributed by atoms with van der Waals surface area (Å²) in [4.78, 5) is 25.2. The molecule has 0 radical (unpaired) electrons. The topological polar surface area (TPSA) is 57.6 Å². The fraction of sp³-hybridized carbons (Fsp3) is 0.429. The van der Waals surface area contributed by atoms with E-state index in [1.807, 2.05) is 31.2 Å². The number of thioether (sulfide) groups is 1. The van der Waals surface area contributed by atoms with E-state index in [1.54, 1.807) is 16.7 Å². The lowest BCUT2D eigenvalue weighted by atomic mass is 10.3. The number of carbonyl (C=O) groups is 2. The zero-order chi connectivity index (χ0) is 15.0. The molecular weight excluding hydrogens is 342 g/mol. The molecule has 0 fully saturated rings. The maximum Gasteiger partial charge on any atom is 0.305 e. The van der Waals surface area contributed by atoms with Gasteiger partial charge in [0.25, 0.3) is 0 Å². The first-order valence-corrected chi connectivity index (χ1v) is 8.19. The largest absolute Gasteiger partial charge is 0.481 e. The second kappa shape index (κ2) is 9.02. The molecule has 0 unspecified atom stereocenters. The van der Waals surface area contributed by atoms with Crippen LogP contribution in [0.15, 0.2) is 33.6 Å². The first-order valence-electron chi connectivity index (χ1n) is 6.41. The van der Waals surface area contributed by atoms with E-state index in [4.69, 9.17) is 5.11 Å². The number of carboxylic acid groups (broad SMARTS) is 1. The quantitative estimate of drug-likeness (QED) is 0.723. The second-order valence-corrected chi connectivity index (χ2v) is 6.14. The van der Waals surface area contributed by atoms with Gasteiger partial charge >= 0.3 is 5.97 Å². The SMILES string of the molecule is CCN(CCC(=O)O)C(=O)CCSc1ccccc1Br. The van der Waals surface area contributed by atoms with Crippen LogP contribution in [0.1, 0.15) is 19.8 Å². The molecule has 1 aromatic rings. The Hall–Kier alpha value is -1.01. The number of carbonyl (C=O) groups excluding carboxylic acids is 1. The minimum Gasteiger partial charge on any atom is -0.481 e. The van der Waals surface area contributed by atoms with Crippen LogP contribution in [-0.2, 0) is 9.59 Å². The maximum absolute atomic E-state index is 12.0. The molecule has 1 rings (SSSR count). The molecule has 0 aliphatic carbocycles. The summed E-state index contributed by atoms with van der Waals surface area (Å²) in [5.41, 5.74) is 0. The highest BCUT2D eigenvalue weighted by molar-refractivity contribution is 9.10. The summed E-state index contributed by atoms with van der Waals surface area (Å²) in [6.45, 7) is 2.69. The van der Waals surface area contributed by atoms with E-state index in [0.29, 0.717) is 18.7 Å². The molecule has 0 aliphatic rings. The highest BCUT2D eigenvalue weighted by atomic mass is 79.9. The first kappa shape index (κ1) is 17.0. The molecule has 110 valence electrons. The number of hydrogen-bond acceptors (Lipinski definition) is 3. The molecule has 0 atom stereocenters. The van der Waals surface area contributed by atoms with Crippen molar-refractivity contribution in [2.24, 2.45) is 0 Å². The van der Waals surface area contributed by atoms with Crippen LogP contribution in [-0.4, -0.2) is 40.7 Å². The molecule has 6 heteroatoms. The lowest BCUT2D eigenvalue weighted by Crippen LogP contribution is -2.33. The lowest BCUT2D eigenvalue weighted by Gasteiger charge is -2.19. The average Bonchev–Trinajstić information content (AvgIpc) is 2.41. The normalized spacial score (nSPS) is 10.3. The molecule has 4 nitrogen and oxygen atoms in total. The predicted molar refractivity (Wildman–Crippen MR) is 84.0 cm³/mol. The molecule has 0 spiro atoms. The van der Waals surface area contributed by atoms with Gasteiger partial charge in [0, 0.05) is 34.6 Å². The Bertz CT molecular complexity index is 467. The van der Waals surface area contributed by atoms with Crippen molar-refractivity contribution in [3.63, 3.8) is 0 Å². The zero-order valence-corrected chi connectivity index (χ0v) is 13.7. The first-order chi connectivity index (χ1) is 9.54. The molecule has 0 saturated carbocycles. The van der Waals surface area contributed by atoms with Crippen molar-refractivity contribution in [3.05, 3.63) is 28.7 Å². The zero-order valence-electron chi connectivity index (χ0n) is 11.3. The summed E-state index contributed by atoms with van der Waals surface area (Å²) < 4.78 is 1.02. The van der Waals surface area contributed by atoms with Crippen LogP contribution < -0.4 is 0 Å². The summed E-state index contributed by atoms with van der Waals surface area (Å²) in [6.07, 6.45) is 0.413. The Morgan fingerprint density at radius 1 is 1.30 bits per heavy atom. The number of hydrogen-bond donors (Lipinski definition) is 1. The Morgan fingerprint density at radius 3 is 2.60 bits per heavy atom. The summed E-state index contributed by atoms with van der Waals surface area (Å²) in [5, 5.41) is 8.65. The number of amides is 1. The lowest BCUT2D eigenvalue weighted by molar-refractivity contribution is -0.138. The van der Waals surface area contributed by atoms with E-state index in [0.717, 1.165) is 9.37 Å². The number of halogens is 1. The van der Waals surface area contributed by atoms with E-state index in [1.165, 1.54) is 0 Å². The molecule has 0 saturated heterocycles. The summed E-state index contributed by atoms with van der Waals surface area (Å²) >= 11 is 5.08. The van der Waals surface area contributed by atoms with Gasteiger partial charge in [-0.1, -0.05) is 12.1 Å². The van der Waals surface area contributed by atoms with Crippen LogP contribution in [0.2, 0.25) is 0 Å². The van der Waals surface area contributed by atoms with Crippen molar-refractivity contribution in [2.45, 2.75) is 24.7 Å². The standard InChI is InChI=1S/C14H18BrNO3S/c1-2-16(9-7-14(18)19)13(17)8-10-20-12-6-4-3-5-11(12)15/h3-6H,2,7-10H2,1H3,(H,18,19). The van der Waals surface area contributed by atoms with Crippen LogP contribution in [0, 0.1) is 0 Å². The van der Waals surface area contributed by atoms with Crippen molar-refractivity contribution in [1.29, 1.82) is 0 Å². The van der Waals surface area contributed by atoms with E-state index >= 15 is 0 Å². The van der Waals surface area contributed by atoms with E-state index in [9.17, 15) is 9.59 Å². The fourth-order valence-corrected chi connectivity index (χ4v) is 3.16. The van der Waals surface area contributed by atoms with Gasteiger partial charge in [0.15, 0.2) is 0 Å². The molecule has 20 heavy (non-hydrogen) atoms. The van der Waals surface area contributed by atoms with Crippen LogP contribution in [0.25, 0.3) is 0 Å². The molecule has 1 aromatic carbocycles. The molecular formula is C14H18BrNO3S. The molecule has 1 N–H and O–H groups in total. The van der Waals surface area contributed by atoms with E-state index in [-0.39, 0.29) is 18.9 Å². The molecule has 1 amide bonds. The highest BCUT2D eigenvalue weighted by Crippen LogP contribution is 2.27. The van der Waals surface area contributed by atoms with Crippen molar-refractivity contribution in [1.82, 2.24) is 4.90 Å². The average molecular weight is 360 g/mol. The predicted octanol–water partition coefficient (Wildman–Crippen LogP) is 3.25. The third-order valence-corrected chi connectivity index (χ3v) is 4.77. The Labute approximate surface area is 131 Å². The number of aliphatic carboxylic acids is 1. The van der Waals surface area contributed by atoms with Crippen LogP contribution in [0.4, 0.5) is 0 Å². The maximum atomic E-state index is 12.0. The van der Waals surface area contributed by atoms with Gasteiger partial charge < -0.3 is 10.0 Å². The minimum absolute atomic E-state index is 0.00302. The summed E-state index contributed by atoms with van der Waals surface area (Å²) in [7, 11) is 0. The third kappa shape index (κ3) is 5.96. The van der Waals surface area contributed by atoms with Gasteiger partial charge in [0.05, 0.1) is 6.42 Å². The molecule has 0 aliphatic heterocycles. The van der Waals surface area contributed by atoms with Crippen molar-refractivity contribution in [2.75, 3.05) is 18.8 Å². The molecule has 0 heterocycles. The van der Waals surface area contributed by atoms with Gasteiger partial charge in [-0.3, -0.25) is 9.59 Å². The Kier molecular flexibility index (Phi) is 7.69. The number of benzene rings is 1. The van der Waals surface area contributed by atoms with Gasteiger partial charge in [0.2, 0.25) is 5.91 Å². The molecule has 0 aromatic heterocycles. The van der Waals surface area contributed by atoms with Gasteiger partial charge in [-0.2, -0.15) is 0 Å². The highest BCUT2D eigenvalue weighted by Gasteiger charge is 2.13. The van der Waals surface area contributed by atoms with E-state index < -0.39 is 5.97 Å². The minimum atomic E-state index is -0.876. The fourth-order valence-electron chi connectivity index (χ4n) is 1.66. The molecule has 0 bridgehead atoms. The van der Waals surface area contributed by atoms with Gasteiger partial charge in [0.1, 0.15) is 0 Å². The number of rotatable bonds is 8.